The van der Waals surface area contributed by atoms with Crippen molar-refractivity contribution in [2.75, 3.05) is 0 Å². The second kappa shape index (κ2) is 4.12. The van der Waals surface area contributed by atoms with Crippen molar-refractivity contribution < 1.29 is 4.79 Å². The molecule has 0 saturated carbocycles. The maximum atomic E-state index is 11.8. The van der Waals surface area contributed by atoms with Gasteiger partial charge in [-0.05, 0) is 37.2 Å². The van der Waals surface area contributed by atoms with Crippen LogP contribution in [0.15, 0.2) is 23.8 Å². The van der Waals surface area contributed by atoms with Crippen LogP contribution in [0.4, 0.5) is 0 Å². The second-order valence-electron chi connectivity index (χ2n) is 4.84. The lowest BCUT2D eigenvalue weighted by Gasteiger charge is -2.32. The molecule has 0 bridgehead atoms. The van der Waals surface area contributed by atoms with Crippen molar-refractivity contribution in [3.05, 3.63) is 23.8 Å². The van der Waals surface area contributed by atoms with E-state index in [9.17, 15) is 4.79 Å². The Hall–Kier alpha value is -0.850. The molecule has 0 radical (unpaired) electrons. The highest BCUT2D eigenvalue weighted by Gasteiger charge is 2.31. The molecule has 0 aliphatic heterocycles. The zero-order chi connectivity index (χ0) is 10.8. The van der Waals surface area contributed by atoms with Gasteiger partial charge in [-0.15, -0.1) is 0 Å². The number of ketones is 1. The van der Waals surface area contributed by atoms with E-state index in [4.69, 9.17) is 0 Å². The van der Waals surface area contributed by atoms with Crippen molar-refractivity contribution in [1.29, 1.82) is 0 Å². The Morgan fingerprint density at radius 3 is 2.79 bits per heavy atom. The molecule has 0 aromatic heterocycles. The van der Waals surface area contributed by atoms with E-state index in [2.05, 4.69) is 26.8 Å². The predicted molar refractivity (Wildman–Crippen MR) is 60.1 cm³/mol. The standard InChI is InChI=1S/C13H20O/c1-5-6-12(14)11-9-10(2)7-8-13(11,3)4/h5-6,9-10H,7-8H2,1-4H3/b6-5+/t10-/m1/s1. The van der Waals surface area contributed by atoms with Crippen LogP contribution >= 0.6 is 0 Å². The first-order valence-electron chi connectivity index (χ1n) is 5.36. The minimum absolute atomic E-state index is 0.0586. The highest BCUT2D eigenvalue weighted by atomic mass is 16.1. The molecule has 0 unspecified atom stereocenters. The van der Waals surface area contributed by atoms with Crippen LogP contribution in [0.3, 0.4) is 0 Å². The van der Waals surface area contributed by atoms with E-state index in [-0.39, 0.29) is 11.2 Å². The minimum atomic E-state index is 0.0586. The van der Waals surface area contributed by atoms with E-state index in [1.807, 2.05) is 13.0 Å². The fourth-order valence-electron chi connectivity index (χ4n) is 1.97. The fraction of sp³-hybridized carbons (Fsp3) is 0.615. The molecule has 0 fully saturated rings. The van der Waals surface area contributed by atoms with Crippen molar-refractivity contribution in [2.24, 2.45) is 11.3 Å². The molecular weight excluding hydrogens is 172 g/mol. The number of hydrogen-bond acceptors (Lipinski definition) is 1. The first-order chi connectivity index (χ1) is 6.47. The normalized spacial score (nSPS) is 26.3. The second-order valence-corrected chi connectivity index (χ2v) is 4.84. The summed E-state index contributed by atoms with van der Waals surface area (Å²) in [7, 11) is 0. The van der Waals surface area contributed by atoms with Crippen LogP contribution in [-0.2, 0) is 4.79 Å². The molecule has 0 heterocycles. The van der Waals surface area contributed by atoms with Crippen LogP contribution in [0.1, 0.15) is 40.5 Å². The highest BCUT2D eigenvalue weighted by molar-refractivity contribution is 6.04. The van der Waals surface area contributed by atoms with Gasteiger partial charge < -0.3 is 0 Å². The van der Waals surface area contributed by atoms with Crippen LogP contribution in [0.25, 0.3) is 0 Å². The first-order valence-corrected chi connectivity index (χ1v) is 5.36. The third kappa shape index (κ3) is 2.34. The van der Waals surface area contributed by atoms with Gasteiger partial charge >= 0.3 is 0 Å². The average Bonchev–Trinajstić information content (AvgIpc) is 2.10. The van der Waals surface area contributed by atoms with Gasteiger partial charge in [0.25, 0.3) is 0 Å². The molecule has 1 aliphatic rings. The first kappa shape index (κ1) is 11.2. The maximum absolute atomic E-state index is 11.8. The minimum Gasteiger partial charge on any atom is -0.290 e. The molecule has 0 amide bonds. The number of hydrogen-bond donors (Lipinski definition) is 0. The molecule has 0 N–H and O–H groups in total. The third-order valence-electron chi connectivity index (χ3n) is 2.99. The smallest absolute Gasteiger partial charge is 0.181 e. The largest absolute Gasteiger partial charge is 0.290 e. The number of allylic oxidation sites excluding steroid dienone is 4. The van der Waals surface area contributed by atoms with E-state index in [1.54, 1.807) is 6.08 Å². The summed E-state index contributed by atoms with van der Waals surface area (Å²) < 4.78 is 0. The molecule has 1 atom stereocenters. The summed E-state index contributed by atoms with van der Waals surface area (Å²) in [4.78, 5) is 11.8. The Bertz CT molecular complexity index is 282. The molecule has 0 saturated heterocycles. The van der Waals surface area contributed by atoms with E-state index < -0.39 is 0 Å². The van der Waals surface area contributed by atoms with E-state index >= 15 is 0 Å². The van der Waals surface area contributed by atoms with Gasteiger partial charge in [-0.1, -0.05) is 32.9 Å². The van der Waals surface area contributed by atoms with Crippen molar-refractivity contribution in [3.8, 4) is 0 Å². The Morgan fingerprint density at radius 1 is 1.57 bits per heavy atom. The quantitative estimate of drug-likeness (QED) is 0.612. The highest BCUT2D eigenvalue weighted by Crippen LogP contribution is 2.39. The maximum Gasteiger partial charge on any atom is 0.181 e. The van der Waals surface area contributed by atoms with Crippen molar-refractivity contribution >= 4 is 5.78 Å². The third-order valence-corrected chi connectivity index (χ3v) is 2.99. The molecule has 0 aromatic carbocycles. The Labute approximate surface area is 86.9 Å². The number of rotatable bonds is 2. The Morgan fingerprint density at radius 2 is 2.21 bits per heavy atom. The average molecular weight is 192 g/mol. The molecule has 78 valence electrons. The van der Waals surface area contributed by atoms with Gasteiger partial charge in [-0.2, -0.15) is 0 Å². The van der Waals surface area contributed by atoms with E-state index in [0.717, 1.165) is 12.0 Å². The van der Waals surface area contributed by atoms with Gasteiger partial charge in [-0.25, -0.2) is 0 Å². The summed E-state index contributed by atoms with van der Waals surface area (Å²) in [6, 6.07) is 0. The van der Waals surface area contributed by atoms with Gasteiger partial charge in [0.15, 0.2) is 5.78 Å². The predicted octanol–water partition coefficient (Wildman–Crippen LogP) is 3.51. The van der Waals surface area contributed by atoms with Crippen LogP contribution in [-0.4, -0.2) is 5.78 Å². The molecule has 1 nitrogen and oxygen atoms in total. The van der Waals surface area contributed by atoms with Gasteiger partial charge in [0.2, 0.25) is 0 Å². The summed E-state index contributed by atoms with van der Waals surface area (Å²) in [5.74, 6) is 0.733. The van der Waals surface area contributed by atoms with Crippen LogP contribution in [0, 0.1) is 11.3 Å². The van der Waals surface area contributed by atoms with Crippen molar-refractivity contribution in [2.45, 2.75) is 40.5 Å². The van der Waals surface area contributed by atoms with Gasteiger partial charge in [0.05, 0.1) is 0 Å². The van der Waals surface area contributed by atoms with Gasteiger partial charge in [0.1, 0.15) is 0 Å². The Kier molecular flexibility index (Phi) is 3.30. The molecule has 1 aliphatic carbocycles. The lowest BCUT2D eigenvalue weighted by Crippen LogP contribution is -2.25. The topological polar surface area (TPSA) is 17.1 Å². The van der Waals surface area contributed by atoms with Crippen LogP contribution in [0.2, 0.25) is 0 Å². The van der Waals surface area contributed by atoms with Crippen molar-refractivity contribution in [3.63, 3.8) is 0 Å². The van der Waals surface area contributed by atoms with Crippen LogP contribution < -0.4 is 0 Å². The van der Waals surface area contributed by atoms with Gasteiger partial charge in [0, 0.05) is 5.57 Å². The van der Waals surface area contributed by atoms with E-state index in [1.165, 1.54) is 6.42 Å². The summed E-state index contributed by atoms with van der Waals surface area (Å²) in [5, 5.41) is 0. The van der Waals surface area contributed by atoms with E-state index in [0.29, 0.717) is 5.92 Å². The zero-order valence-electron chi connectivity index (χ0n) is 9.63. The Balaban J connectivity index is 2.97. The monoisotopic (exact) mass is 192 g/mol. The number of carbonyl (C=O) groups excluding carboxylic acids is 1. The lowest BCUT2D eigenvalue weighted by molar-refractivity contribution is -0.112. The lowest BCUT2D eigenvalue weighted by atomic mass is 9.71. The molecule has 1 rings (SSSR count). The molecule has 1 heteroatoms. The summed E-state index contributed by atoms with van der Waals surface area (Å²) in [6.45, 7) is 8.38. The molecule has 14 heavy (non-hydrogen) atoms. The SMILES string of the molecule is C/C=C/C(=O)C1=C[C@H](C)CCC1(C)C. The zero-order valence-corrected chi connectivity index (χ0v) is 9.63. The summed E-state index contributed by atoms with van der Waals surface area (Å²) >= 11 is 0. The molecular formula is C13H20O. The fourth-order valence-corrected chi connectivity index (χ4v) is 1.97. The summed E-state index contributed by atoms with van der Waals surface area (Å²) in [6.07, 6.45) is 7.94. The molecule has 0 aromatic rings. The van der Waals surface area contributed by atoms with Crippen molar-refractivity contribution in [1.82, 2.24) is 0 Å². The summed E-state index contributed by atoms with van der Waals surface area (Å²) in [5.41, 5.74) is 1.05. The van der Waals surface area contributed by atoms with Crippen LogP contribution in [0.5, 0.6) is 0 Å². The number of carbonyl (C=O) groups is 1. The van der Waals surface area contributed by atoms with Gasteiger partial charge in [-0.3, -0.25) is 4.79 Å². The molecule has 0 spiro atoms.